The molecule has 0 bridgehead atoms. The molecule has 2 atom stereocenters. The van der Waals surface area contributed by atoms with Crippen molar-refractivity contribution in [3.8, 4) is 11.5 Å². The smallest absolute Gasteiger partial charge is 0.230 e. The molecule has 4 rings (SSSR count). The van der Waals surface area contributed by atoms with Crippen molar-refractivity contribution in [1.82, 2.24) is 0 Å². The first-order valence-corrected chi connectivity index (χ1v) is 11.4. The van der Waals surface area contributed by atoms with E-state index in [1.807, 2.05) is 72.8 Å². The summed E-state index contributed by atoms with van der Waals surface area (Å²) >= 11 is 0. The van der Waals surface area contributed by atoms with Gasteiger partial charge >= 0.3 is 0 Å². The van der Waals surface area contributed by atoms with E-state index in [1.54, 1.807) is 19.1 Å². The van der Waals surface area contributed by atoms with Crippen molar-refractivity contribution in [1.29, 1.82) is 0 Å². The van der Waals surface area contributed by atoms with Crippen LogP contribution >= 0.6 is 0 Å². The fourth-order valence-electron chi connectivity index (χ4n) is 4.39. The van der Waals surface area contributed by atoms with Crippen LogP contribution in [0.3, 0.4) is 0 Å². The predicted octanol–water partition coefficient (Wildman–Crippen LogP) is 5.56. The molecule has 1 heterocycles. The second-order valence-electron chi connectivity index (χ2n) is 8.76. The Morgan fingerprint density at radius 1 is 0.882 bits per heavy atom. The topological polar surface area (TPSA) is 67.9 Å². The molecule has 0 aromatic heterocycles. The molecule has 2 amide bonds. The number of nitrogens with one attached hydrogen (secondary N) is 1. The largest absolute Gasteiger partial charge is 0.497 e. The quantitative estimate of drug-likeness (QED) is 0.503. The van der Waals surface area contributed by atoms with Crippen molar-refractivity contribution in [2.75, 3.05) is 24.4 Å². The molecule has 0 saturated carbocycles. The molecule has 34 heavy (non-hydrogen) atoms. The average molecular weight is 459 g/mol. The monoisotopic (exact) mass is 458 g/mol. The lowest BCUT2D eigenvalue weighted by molar-refractivity contribution is -0.122. The maximum absolute atomic E-state index is 13.4. The molecule has 0 spiro atoms. The van der Waals surface area contributed by atoms with E-state index in [0.29, 0.717) is 11.7 Å². The Hall–Kier alpha value is -3.80. The van der Waals surface area contributed by atoms with Crippen LogP contribution in [0.4, 0.5) is 11.4 Å². The second kappa shape index (κ2) is 10.00. The normalized spacial score (nSPS) is 17.7. The molecular formula is C28H30N2O4. The number of ether oxygens (including phenoxy) is 2. The van der Waals surface area contributed by atoms with E-state index in [4.69, 9.17) is 9.47 Å². The number of anilines is 2. The Bertz CT molecular complexity index is 1140. The van der Waals surface area contributed by atoms with Gasteiger partial charge in [0.15, 0.2) is 0 Å². The van der Waals surface area contributed by atoms with Crippen molar-refractivity contribution in [2.24, 2.45) is 5.92 Å². The summed E-state index contributed by atoms with van der Waals surface area (Å²) in [7, 11) is 3.21. The van der Waals surface area contributed by atoms with Crippen LogP contribution in [0.15, 0.2) is 72.8 Å². The first-order chi connectivity index (χ1) is 16.4. The van der Waals surface area contributed by atoms with Gasteiger partial charge in [-0.3, -0.25) is 9.59 Å². The number of hydrogen-bond acceptors (Lipinski definition) is 4. The molecule has 0 aliphatic carbocycles. The van der Waals surface area contributed by atoms with Gasteiger partial charge in [0.25, 0.3) is 0 Å². The van der Waals surface area contributed by atoms with Crippen molar-refractivity contribution < 1.29 is 19.1 Å². The van der Waals surface area contributed by atoms with E-state index in [9.17, 15) is 9.59 Å². The van der Waals surface area contributed by atoms with Gasteiger partial charge in [-0.05, 0) is 65.6 Å². The molecule has 3 aromatic rings. The zero-order valence-corrected chi connectivity index (χ0v) is 19.9. The van der Waals surface area contributed by atoms with Crippen molar-refractivity contribution in [2.45, 2.75) is 32.2 Å². The Kier molecular flexibility index (Phi) is 6.87. The van der Waals surface area contributed by atoms with Crippen LogP contribution in [-0.2, 0) is 9.59 Å². The van der Waals surface area contributed by atoms with Gasteiger partial charge in [-0.25, -0.2) is 0 Å². The molecular weight excluding hydrogens is 428 g/mol. The number of benzene rings is 3. The lowest BCUT2D eigenvalue weighted by Crippen LogP contribution is -2.32. The van der Waals surface area contributed by atoms with Gasteiger partial charge in [-0.2, -0.15) is 0 Å². The Balaban J connectivity index is 1.66. The molecule has 1 saturated heterocycles. The highest BCUT2D eigenvalue weighted by Crippen LogP contribution is 2.42. The summed E-state index contributed by atoms with van der Waals surface area (Å²) in [4.78, 5) is 28.4. The highest BCUT2D eigenvalue weighted by molar-refractivity contribution is 6.04. The maximum Gasteiger partial charge on any atom is 0.230 e. The SMILES string of the molecule is COc1ccc([C@H]2[C@@H](C(=O)Nc3ccc(C(C)C)cc3)CC(=O)N2c2ccc(OC)cc2)cc1. The van der Waals surface area contributed by atoms with Gasteiger partial charge in [0, 0.05) is 17.8 Å². The third-order valence-electron chi connectivity index (χ3n) is 6.31. The van der Waals surface area contributed by atoms with Crippen LogP contribution in [0, 0.1) is 5.92 Å². The van der Waals surface area contributed by atoms with Gasteiger partial charge < -0.3 is 19.7 Å². The third-order valence-corrected chi connectivity index (χ3v) is 6.31. The second-order valence-corrected chi connectivity index (χ2v) is 8.76. The summed E-state index contributed by atoms with van der Waals surface area (Å²) in [6.07, 6.45) is 0.124. The van der Waals surface area contributed by atoms with Crippen LogP contribution in [0.5, 0.6) is 11.5 Å². The first kappa shape index (κ1) is 23.4. The standard InChI is InChI=1S/C28H30N2O4/c1-18(2)19-5-9-21(10-6-19)29-28(32)25-17-26(31)30(22-11-15-24(34-4)16-12-22)27(25)20-7-13-23(33-3)14-8-20/h5-16,18,25,27H,17H2,1-4H3,(H,29,32)/t25-,27-/m0/s1. The lowest BCUT2D eigenvalue weighted by Gasteiger charge is -2.28. The summed E-state index contributed by atoms with van der Waals surface area (Å²) < 4.78 is 10.6. The minimum absolute atomic E-state index is 0.0960. The van der Waals surface area contributed by atoms with Crippen LogP contribution in [0.25, 0.3) is 0 Å². The Morgan fingerprint density at radius 2 is 1.44 bits per heavy atom. The highest BCUT2D eigenvalue weighted by Gasteiger charge is 2.45. The number of hydrogen-bond donors (Lipinski definition) is 1. The van der Waals surface area contributed by atoms with E-state index >= 15 is 0 Å². The number of nitrogens with zero attached hydrogens (tertiary/aromatic N) is 1. The van der Waals surface area contributed by atoms with Crippen LogP contribution in [0.1, 0.15) is 43.4 Å². The van der Waals surface area contributed by atoms with Crippen molar-refractivity contribution in [3.63, 3.8) is 0 Å². The number of carbonyl (C=O) groups excluding carboxylic acids is 2. The fraction of sp³-hybridized carbons (Fsp3) is 0.286. The molecule has 1 aliphatic heterocycles. The molecule has 0 radical (unpaired) electrons. The zero-order chi connectivity index (χ0) is 24.2. The van der Waals surface area contributed by atoms with Gasteiger partial charge in [0.1, 0.15) is 11.5 Å². The summed E-state index contributed by atoms with van der Waals surface area (Å²) in [5.41, 5.74) is 3.52. The number of amides is 2. The van der Waals surface area contributed by atoms with Crippen molar-refractivity contribution in [3.05, 3.63) is 83.9 Å². The number of methoxy groups -OCH3 is 2. The summed E-state index contributed by atoms with van der Waals surface area (Å²) in [6.45, 7) is 4.26. The minimum atomic E-state index is -0.548. The highest BCUT2D eigenvalue weighted by atomic mass is 16.5. The molecule has 3 aromatic carbocycles. The zero-order valence-electron chi connectivity index (χ0n) is 19.9. The van der Waals surface area contributed by atoms with Crippen LogP contribution in [-0.4, -0.2) is 26.0 Å². The Morgan fingerprint density at radius 3 is 1.97 bits per heavy atom. The van der Waals surface area contributed by atoms with E-state index < -0.39 is 12.0 Å². The van der Waals surface area contributed by atoms with Gasteiger partial charge in [-0.15, -0.1) is 0 Å². The van der Waals surface area contributed by atoms with Gasteiger partial charge in [0.2, 0.25) is 11.8 Å². The molecule has 6 heteroatoms. The van der Waals surface area contributed by atoms with Gasteiger partial charge in [-0.1, -0.05) is 38.1 Å². The predicted molar refractivity (Wildman–Crippen MR) is 133 cm³/mol. The lowest BCUT2D eigenvalue weighted by atomic mass is 9.92. The molecule has 176 valence electrons. The van der Waals surface area contributed by atoms with E-state index in [2.05, 4.69) is 19.2 Å². The fourth-order valence-corrected chi connectivity index (χ4v) is 4.39. The molecule has 1 N–H and O–H groups in total. The summed E-state index contributed by atoms with van der Waals surface area (Å²) in [5.74, 6) is 1.01. The number of carbonyl (C=O) groups is 2. The van der Waals surface area contributed by atoms with Crippen LogP contribution < -0.4 is 19.7 Å². The molecule has 0 unspecified atom stereocenters. The van der Waals surface area contributed by atoms with E-state index in [-0.39, 0.29) is 18.2 Å². The van der Waals surface area contributed by atoms with Crippen LogP contribution in [0.2, 0.25) is 0 Å². The molecule has 1 aliphatic rings. The summed E-state index contributed by atoms with van der Waals surface area (Å²) in [6, 6.07) is 22.3. The molecule has 1 fully saturated rings. The van der Waals surface area contributed by atoms with Gasteiger partial charge in [0.05, 0.1) is 26.2 Å². The minimum Gasteiger partial charge on any atom is -0.497 e. The average Bonchev–Trinajstić information content (AvgIpc) is 3.21. The summed E-state index contributed by atoms with van der Waals surface area (Å²) in [5, 5.41) is 3.02. The van der Waals surface area contributed by atoms with Crippen molar-refractivity contribution >= 4 is 23.2 Å². The number of rotatable bonds is 7. The Labute approximate surface area is 200 Å². The van der Waals surface area contributed by atoms with E-state index in [1.165, 1.54) is 5.56 Å². The maximum atomic E-state index is 13.4. The molecule has 6 nitrogen and oxygen atoms in total. The van der Waals surface area contributed by atoms with E-state index in [0.717, 1.165) is 22.7 Å². The third kappa shape index (κ3) is 4.76. The first-order valence-electron chi connectivity index (χ1n) is 11.4.